The van der Waals surface area contributed by atoms with Crippen LogP contribution >= 0.6 is 24.0 Å². The molecule has 0 aliphatic carbocycles. The third-order valence-corrected chi connectivity index (χ3v) is 5.62. The lowest BCUT2D eigenvalue weighted by atomic mass is 10.2. The van der Waals surface area contributed by atoms with Gasteiger partial charge in [-0.1, -0.05) is 23.8 Å². The monoisotopic (exact) mass is 543 g/mol. The number of aliphatic imine (C=N–C) groups is 1. The Kier molecular flexibility index (Phi) is 8.99. The second kappa shape index (κ2) is 11.2. The van der Waals surface area contributed by atoms with Crippen LogP contribution in [0.1, 0.15) is 18.3 Å². The van der Waals surface area contributed by atoms with Crippen molar-refractivity contribution >= 4 is 45.6 Å². The number of halogens is 1. The van der Waals surface area contributed by atoms with Crippen LogP contribution in [-0.2, 0) is 16.6 Å². The van der Waals surface area contributed by atoms with Gasteiger partial charge in [0.05, 0.1) is 4.90 Å². The van der Waals surface area contributed by atoms with Crippen molar-refractivity contribution in [3.05, 3.63) is 60.0 Å². The number of nitrogens with one attached hydrogen (secondary N) is 3. The molecule has 2 heterocycles. The number of sulfonamides is 1. The van der Waals surface area contributed by atoms with Crippen molar-refractivity contribution in [3.8, 4) is 0 Å². The maximum absolute atomic E-state index is 12.3. The number of aromatic nitrogens is 3. The van der Waals surface area contributed by atoms with Crippen LogP contribution < -0.4 is 15.4 Å². The minimum Gasteiger partial charge on any atom is -0.357 e. The molecule has 0 aliphatic heterocycles. The maximum atomic E-state index is 12.3. The molecule has 3 rings (SSSR count). The molecule has 0 saturated heterocycles. The molecule has 3 aromatic rings. The van der Waals surface area contributed by atoms with Crippen LogP contribution in [0.25, 0.3) is 5.65 Å². The summed E-state index contributed by atoms with van der Waals surface area (Å²) in [6.07, 6.45) is 1.89. The zero-order valence-electron chi connectivity index (χ0n) is 16.9. The van der Waals surface area contributed by atoms with E-state index in [4.69, 9.17) is 0 Å². The molecule has 9 nitrogen and oxygen atoms in total. The van der Waals surface area contributed by atoms with Crippen molar-refractivity contribution in [2.24, 2.45) is 4.99 Å². The van der Waals surface area contributed by atoms with Crippen LogP contribution in [0.15, 0.2) is 58.5 Å². The number of hydrogen-bond donors (Lipinski definition) is 3. The van der Waals surface area contributed by atoms with Crippen molar-refractivity contribution < 1.29 is 8.42 Å². The van der Waals surface area contributed by atoms with Crippen LogP contribution in [0.2, 0.25) is 0 Å². The molecular formula is C19H26IN7O2S. The third-order valence-electron chi connectivity index (χ3n) is 4.15. The summed E-state index contributed by atoms with van der Waals surface area (Å²) < 4.78 is 29.1. The summed E-state index contributed by atoms with van der Waals surface area (Å²) >= 11 is 0. The first kappa shape index (κ1) is 24.0. The summed E-state index contributed by atoms with van der Waals surface area (Å²) in [5, 5.41) is 14.5. The highest BCUT2D eigenvalue weighted by Crippen LogP contribution is 2.09. The quantitative estimate of drug-likeness (QED) is 0.173. The Labute approximate surface area is 193 Å². The molecule has 162 valence electrons. The number of nitrogens with zero attached hydrogens (tertiary/aromatic N) is 4. The molecule has 0 aliphatic rings. The summed E-state index contributed by atoms with van der Waals surface area (Å²) in [6.45, 7) is 5.52. The summed E-state index contributed by atoms with van der Waals surface area (Å²) in [5.74, 6) is 1.30. The first-order valence-corrected chi connectivity index (χ1v) is 10.8. The Hall–Kier alpha value is -2.25. The highest BCUT2D eigenvalue weighted by Gasteiger charge is 2.12. The molecule has 30 heavy (non-hydrogen) atoms. The van der Waals surface area contributed by atoms with Gasteiger partial charge in [0.2, 0.25) is 10.0 Å². The standard InChI is InChI=1S/C19H25N7O2S.HI/c1-3-20-19(22-14-18-25-24-17-6-4-5-13-26(17)18)21-11-12-23-29(27,28)16-9-7-15(2)8-10-16;/h4-10,13,23H,3,11-12,14H2,1-2H3,(H2,20,21,22);1H. The molecule has 0 spiro atoms. The molecule has 0 atom stereocenters. The Balaban J connectivity index is 0.00000320. The van der Waals surface area contributed by atoms with Gasteiger partial charge >= 0.3 is 0 Å². The molecular weight excluding hydrogens is 517 g/mol. The van der Waals surface area contributed by atoms with E-state index in [1.54, 1.807) is 24.3 Å². The van der Waals surface area contributed by atoms with Gasteiger partial charge in [-0.3, -0.25) is 4.40 Å². The van der Waals surface area contributed by atoms with Gasteiger partial charge in [-0.25, -0.2) is 18.1 Å². The average molecular weight is 543 g/mol. The number of rotatable bonds is 8. The number of guanidine groups is 1. The minimum atomic E-state index is -3.53. The minimum absolute atomic E-state index is 0. The van der Waals surface area contributed by atoms with Gasteiger partial charge < -0.3 is 10.6 Å². The summed E-state index contributed by atoms with van der Waals surface area (Å²) in [5.41, 5.74) is 1.78. The molecule has 1 aromatic carbocycles. The zero-order valence-corrected chi connectivity index (χ0v) is 20.0. The van der Waals surface area contributed by atoms with Gasteiger partial charge in [0.15, 0.2) is 17.4 Å². The first-order chi connectivity index (χ1) is 14.0. The zero-order chi connectivity index (χ0) is 20.7. The van der Waals surface area contributed by atoms with Gasteiger partial charge in [-0.15, -0.1) is 34.2 Å². The van der Waals surface area contributed by atoms with Crippen molar-refractivity contribution in [2.45, 2.75) is 25.3 Å². The highest BCUT2D eigenvalue weighted by atomic mass is 127. The van der Waals surface area contributed by atoms with Crippen molar-refractivity contribution in [1.82, 2.24) is 30.0 Å². The fourth-order valence-corrected chi connectivity index (χ4v) is 3.69. The average Bonchev–Trinajstić information content (AvgIpc) is 3.13. The molecule has 0 unspecified atom stereocenters. The third kappa shape index (κ3) is 6.37. The van der Waals surface area contributed by atoms with E-state index in [1.807, 2.05) is 42.6 Å². The number of fused-ring (bicyclic) bond motifs is 1. The predicted molar refractivity (Wildman–Crippen MR) is 128 cm³/mol. The molecule has 3 N–H and O–H groups in total. The number of pyridine rings is 1. The molecule has 0 radical (unpaired) electrons. The Morgan fingerprint density at radius 3 is 2.57 bits per heavy atom. The fraction of sp³-hybridized carbons (Fsp3) is 0.316. The van der Waals surface area contributed by atoms with Gasteiger partial charge in [-0.05, 0) is 38.1 Å². The van der Waals surface area contributed by atoms with E-state index in [0.29, 0.717) is 25.6 Å². The van der Waals surface area contributed by atoms with Crippen LogP contribution in [0.5, 0.6) is 0 Å². The molecule has 0 fully saturated rings. The maximum Gasteiger partial charge on any atom is 0.240 e. The van der Waals surface area contributed by atoms with Crippen LogP contribution in [0.3, 0.4) is 0 Å². The van der Waals surface area contributed by atoms with E-state index in [-0.39, 0.29) is 35.4 Å². The summed E-state index contributed by atoms with van der Waals surface area (Å²) in [4.78, 5) is 4.75. The second-order valence-electron chi connectivity index (χ2n) is 6.38. The highest BCUT2D eigenvalue weighted by molar-refractivity contribution is 14.0. The van der Waals surface area contributed by atoms with Gasteiger partial charge in [0.1, 0.15) is 6.54 Å². The van der Waals surface area contributed by atoms with Gasteiger partial charge in [-0.2, -0.15) is 0 Å². The van der Waals surface area contributed by atoms with Crippen LogP contribution in [-0.4, -0.2) is 48.6 Å². The van der Waals surface area contributed by atoms with Crippen LogP contribution in [0, 0.1) is 6.92 Å². The lowest BCUT2D eigenvalue weighted by Gasteiger charge is -2.12. The molecule has 0 saturated carbocycles. The van der Waals surface area contributed by atoms with Gasteiger partial charge in [0, 0.05) is 25.8 Å². The topological polar surface area (TPSA) is 113 Å². The predicted octanol–water partition coefficient (Wildman–Crippen LogP) is 1.69. The van der Waals surface area contributed by atoms with E-state index in [9.17, 15) is 8.42 Å². The molecule has 11 heteroatoms. The smallest absolute Gasteiger partial charge is 0.240 e. The fourth-order valence-electron chi connectivity index (χ4n) is 2.66. The normalized spacial score (nSPS) is 11.9. The summed E-state index contributed by atoms with van der Waals surface area (Å²) in [6, 6.07) is 12.4. The molecule has 2 aromatic heterocycles. The molecule has 0 amide bonds. The number of aryl methyl sites for hydroxylation is 1. The second-order valence-corrected chi connectivity index (χ2v) is 8.14. The van der Waals surface area contributed by atoms with Crippen LogP contribution in [0.4, 0.5) is 0 Å². The number of benzene rings is 1. The van der Waals surface area contributed by atoms with Crippen molar-refractivity contribution in [2.75, 3.05) is 19.6 Å². The Morgan fingerprint density at radius 1 is 1.07 bits per heavy atom. The summed E-state index contributed by atoms with van der Waals surface area (Å²) in [7, 11) is -3.53. The number of hydrogen-bond acceptors (Lipinski definition) is 5. The van der Waals surface area contributed by atoms with Crippen molar-refractivity contribution in [3.63, 3.8) is 0 Å². The molecule has 0 bridgehead atoms. The largest absolute Gasteiger partial charge is 0.357 e. The van der Waals surface area contributed by atoms with Crippen molar-refractivity contribution in [1.29, 1.82) is 0 Å². The van der Waals surface area contributed by atoms with E-state index in [2.05, 4.69) is 30.5 Å². The first-order valence-electron chi connectivity index (χ1n) is 9.37. The Bertz CT molecular complexity index is 1080. The SMILES string of the molecule is CCNC(=NCc1nnc2ccccn12)NCCNS(=O)(=O)c1ccc(C)cc1.I. The van der Waals surface area contributed by atoms with E-state index >= 15 is 0 Å². The lowest BCUT2D eigenvalue weighted by molar-refractivity contribution is 0.580. The van der Waals surface area contributed by atoms with E-state index in [0.717, 1.165) is 17.0 Å². The van der Waals surface area contributed by atoms with Gasteiger partial charge in [0.25, 0.3) is 0 Å². The lowest BCUT2D eigenvalue weighted by Crippen LogP contribution is -2.41. The van der Waals surface area contributed by atoms with E-state index in [1.165, 1.54) is 0 Å². The Morgan fingerprint density at radius 2 is 1.83 bits per heavy atom. The van der Waals surface area contributed by atoms with E-state index < -0.39 is 10.0 Å².